The van der Waals surface area contributed by atoms with E-state index in [4.69, 9.17) is 0 Å². The molecule has 0 radical (unpaired) electrons. The van der Waals surface area contributed by atoms with Crippen molar-refractivity contribution in [3.05, 3.63) is 191 Å². The first-order chi connectivity index (χ1) is 26.1. The van der Waals surface area contributed by atoms with Gasteiger partial charge in [-0.15, -0.1) is 22.7 Å². The van der Waals surface area contributed by atoms with Gasteiger partial charge < -0.3 is 10.2 Å². The first-order valence-corrected chi connectivity index (χ1v) is 19.5. The minimum Gasteiger partial charge on any atom is -0.507 e. The zero-order valence-electron chi connectivity index (χ0n) is 28.4. The Morgan fingerprint density at radius 1 is 0.340 bits per heavy atom. The van der Waals surface area contributed by atoms with Crippen LogP contribution in [0.1, 0.15) is 22.3 Å². The molecule has 11 rings (SSSR count). The van der Waals surface area contributed by atoms with E-state index < -0.39 is 5.41 Å². The lowest BCUT2D eigenvalue weighted by Crippen LogP contribution is -2.29. The Kier molecular flexibility index (Phi) is 6.54. The quantitative estimate of drug-likeness (QED) is 0.191. The first kappa shape index (κ1) is 30.4. The van der Waals surface area contributed by atoms with Crippen LogP contribution >= 0.6 is 22.7 Å². The summed E-state index contributed by atoms with van der Waals surface area (Å²) < 4.78 is 2.55. The van der Waals surface area contributed by atoms with Crippen LogP contribution in [0.5, 0.6) is 11.5 Å². The summed E-state index contributed by atoms with van der Waals surface area (Å²) in [6.07, 6.45) is 0. The molecule has 0 atom stereocenters. The molecule has 1 aliphatic rings. The Morgan fingerprint density at radius 3 is 1.17 bits per heavy atom. The van der Waals surface area contributed by atoms with Crippen molar-refractivity contribution in [3.63, 3.8) is 0 Å². The highest BCUT2D eigenvalue weighted by molar-refractivity contribution is 7.18. The lowest BCUT2D eigenvalue weighted by atomic mass is 9.65. The summed E-state index contributed by atoms with van der Waals surface area (Å²) in [5.74, 6) is 0.515. The molecule has 2 heterocycles. The fourth-order valence-corrected chi connectivity index (χ4v) is 11.0. The van der Waals surface area contributed by atoms with Crippen molar-refractivity contribution < 1.29 is 10.2 Å². The van der Waals surface area contributed by atoms with Crippen molar-refractivity contribution in [2.75, 3.05) is 0 Å². The summed E-state index contributed by atoms with van der Waals surface area (Å²) in [7, 11) is 0. The molecule has 0 saturated heterocycles. The van der Waals surface area contributed by atoms with E-state index in [-0.39, 0.29) is 11.5 Å². The predicted molar refractivity (Wildman–Crippen MR) is 224 cm³/mol. The zero-order chi connectivity index (χ0) is 35.3. The van der Waals surface area contributed by atoms with Crippen LogP contribution in [0.3, 0.4) is 0 Å². The van der Waals surface area contributed by atoms with Gasteiger partial charge >= 0.3 is 0 Å². The monoisotopic (exact) mass is 714 g/mol. The van der Waals surface area contributed by atoms with Crippen LogP contribution in [-0.2, 0) is 5.41 Å². The number of phenols is 2. The number of benzene rings is 8. The van der Waals surface area contributed by atoms with Crippen LogP contribution in [-0.4, -0.2) is 10.2 Å². The van der Waals surface area contributed by atoms with Crippen LogP contribution in [0.2, 0.25) is 0 Å². The second kappa shape index (κ2) is 11.4. The fourth-order valence-electron chi connectivity index (χ4n) is 9.02. The highest BCUT2D eigenvalue weighted by Crippen LogP contribution is 2.60. The first-order valence-electron chi connectivity index (χ1n) is 17.8. The van der Waals surface area contributed by atoms with Gasteiger partial charge in [0.1, 0.15) is 11.5 Å². The molecule has 2 nitrogen and oxygen atoms in total. The highest BCUT2D eigenvalue weighted by atomic mass is 32.1. The molecule has 2 aromatic heterocycles. The van der Waals surface area contributed by atoms with Crippen molar-refractivity contribution >= 4 is 64.4 Å². The molecule has 4 heteroatoms. The molecular formula is C49H30O2S2. The Bertz CT molecular complexity index is 2900. The van der Waals surface area contributed by atoms with E-state index in [1.807, 2.05) is 36.4 Å². The average Bonchev–Trinajstić information content (AvgIpc) is 3.92. The zero-order valence-corrected chi connectivity index (χ0v) is 30.0. The molecule has 0 amide bonds. The van der Waals surface area contributed by atoms with Gasteiger partial charge in [0.25, 0.3) is 0 Å². The number of phenolic OH excluding ortho intramolecular Hbond substituents is 2. The van der Waals surface area contributed by atoms with Crippen molar-refractivity contribution in [2.24, 2.45) is 0 Å². The number of hydrogen-bond acceptors (Lipinski definition) is 4. The molecule has 1 aliphatic carbocycles. The van der Waals surface area contributed by atoms with Gasteiger partial charge in [-0.05, 0) is 102 Å². The largest absolute Gasteiger partial charge is 0.507 e. The number of rotatable bonds is 4. The second-order valence-electron chi connectivity index (χ2n) is 13.9. The molecular weight excluding hydrogens is 685 g/mol. The van der Waals surface area contributed by atoms with E-state index in [2.05, 4.69) is 132 Å². The SMILES string of the molecule is Oc1ccc(C2(c3ccc(O)c4ccccc34)c3ccc(-c4csc5ccccc45)cc3-c3cc(-c4csc5ccccc45)ccc32)c2ccccc12. The van der Waals surface area contributed by atoms with Crippen LogP contribution < -0.4 is 0 Å². The maximum Gasteiger partial charge on any atom is 0.123 e. The standard InChI is InChI=1S/C49H30O2S2/c50-45-23-21-41(31-9-1-3-11-33(31)45)49(42-22-24-46(51)34-12-4-2-10-32(34)42)43-19-17-29(39-27-52-47-15-7-5-13-35(39)47)25-37(43)38-26-30(18-20-44(38)49)40-28-53-48-16-8-6-14-36(40)48/h1-28,50-51H. The summed E-state index contributed by atoms with van der Waals surface area (Å²) in [5, 5.41) is 33.1. The number of hydrogen-bond donors (Lipinski definition) is 2. The third kappa shape index (κ3) is 4.25. The third-order valence-electron chi connectivity index (χ3n) is 11.3. The summed E-state index contributed by atoms with van der Waals surface area (Å²) in [5.41, 5.74) is 10.9. The van der Waals surface area contributed by atoms with Gasteiger partial charge in [0.15, 0.2) is 0 Å². The van der Waals surface area contributed by atoms with E-state index in [0.717, 1.165) is 32.7 Å². The second-order valence-corrected chi connectivity index (χ2v) is 15.7. The normalized spacial score (nSPS) is 13.2. The summed E-state index contributed by atoms with van der Waals surface area (Å²) in [6.45, 7) is 0. The van der Waals surface area contributed by atoms with Gasteiger partial charge in [0.2, 0.25) is 0 Å². The van der Waals surface area contributed by atoms with Crippen LogP contribution in [0.4, 0.5) is 0 Å². The van der Waals surface area contributed by atoms with Crippen LogP contribution in [0.25, 0.3) is 75.1 Å². The Balaban J connectivity index is 1.30. The van der Waals surface area contributed by atoms with Crippen molar-refractivity contribution in [2.45, 2.75) is 5.41 Å². The smallest absolute Gasteiger partial charge is 0.123 e. The lowest BCUT2D eigenvalue weighted by Gasteiger charge is -2.36. The van der Waals surface area contributed by atoms with Crippen molar-refractivity contribution in [1.82, 2.24) is 0 Å². The maximum absolute atomic E-state index is 11.2. The number of fused-ring (bicyclic) bond motifs is 7. The Labute approximate surface area is 314 Å². The summed E-state index contributed by atoms with van der Waals surface area (Å²) in [4.78, 5) is 0. The molecule has 0 bridgehead atoms. The Hall–Kier alpha value is -6.20. The van der Waals surface area contributed by atoms with Crippen molar-refractivity contribution in [1.29, 1.82) is 0 Å². The third-order valence-corrected chi connectivity index (χ3v) is 13.3. The van der Waals surface area contributed by atoms with Gasteiger partial charge in [0, 0.05) is 42.1 Å². The molecule has 2 N–H and O–H groups in total. The molecule has 10 aromatic rings. The Morgan fingerprint density at radius 2 is 0.717 bits per heavy atom. The molecule has 8 aromatic carbocycles. The van der Waals surface area contributed by atoms with E-state index in [0.29, 0.717) is 0 Å². The van der Waals surface area contributed by atoms with Crippen LogP contribution in [0.15, 0.2) is 168 Å². The van der Waals surface area contributed by atoms with Crippen LogP contribution in [0, 0.1) is 0 Å². The average molecular weight is 715 g/mol. The molecule has 53 heavy (non-hydrogen) atoms. The minimum absolute atomic E-state index is 0.257. The van der Waals surface area contributed by atoms with Gasteiger partial charge in [-0.25, -0.2) is 0 Å². The minimum atomic E-state index is -0.782. The molecule has 0 fully saturated rings. The van der Waals surface area contributed by atoms with Gasteiger partial charge in [0.05, 0.1) is 5.41 Å². The van der Waals surface area contributed by atoms with Crippen molar-refractivity contribution in [3.8, 4) is 44.9 Å². The van der Waals surface area contributed by atoms with E-state index in [1.165, 1.54) is 64.7 Å². The molecule has 0 aliphatic heterocycles. The number of thiophene rings is 2. The summed E-state index contributed by atoms with van der Waals surface area (Å²) >= 11 is 3.56. The van der Waals surface area contributed by atoms with E-state index >= 15 is 0 Å². The molecule has 0 spiro atoms. The molecule has 0 unspecified atom stereocenters. The van der Waals surface area contributed by atoms with E-state index in [1.54, 1.807) is 22.7 Å². The highest BCUT2D eigenvalue weighted by Gasteiger charge is 2.48. The van der Waals surface area contributed by atoms with Gasteiger partial charge in [-0.2, -0.15) is 0 Å². The molecule has 0 saturated carbocycles. The predicted octanol–water partition coefficient (Wildman–Crippen LogP) is 13.5. The van der Waals surface area contributed by atoms with Gasteiger partial charge in [-0.1, -0.05) is 121 Å². The summed E-state index contributed by atoms with van der Waals surface area (Å²) in [6, 6.07) is 55.6. The van der Waals surface area contributed by atoms with E-state index in [9.17, 15) is 10.2 Å². The van der Waals surface area contributed by atoms with Gasteiger partial charge in [-0.3, -0.25) is 0 Å². The number of aromatic hydroxyl groups is 2. The topological polar surface area (TPSA) is 40.5 Å². The lowest BCUT2D eigenvalue weighted by molar-refractivity contribution is 0.481. The fraction of sp³-hybridized carbons (Fsp3) is 0.0204. The maximum atomic E-state index is 11.2. The molecule has 250 valence electrons.